The summed E-state index contributed by atoms with van der Waals surface area (Å²) in [5.41, 5.74) is 5.50. The summed E-state index contributed by atoms with van der Waals surface area (Å²) >= 11 is 0. The van der Waals surface area contributed by atoms with Crippen molar-refractivity contribution in [3.63, 3.8) is 0 Å². The van der Waals surface area contributed by atoms with Crippen molar-refractivity contribution in [1.29, 1.82) is 0 Å². The summed E-state index contributed by atoms with van der Waals surface area (Å²) in [6, 6.07) is 11.9. The van der Waals surface area contributed by atoms with Crippen molar-refractivity contribution in [3.05, 3.63) is 60.0 Å². The van der Waals surface area contributed by atoms with Crippen LogP contribution >= 0.6 is 0 Å². The highest BCUT2D eigenvalue weighted by Crippen LogP contribution is 2.33. The number of furan rings is 1. The summed E-state index contributed by atoms with van der Waals surface area (Å²) in [5.74, 6) is 1.65. The molecule has 2 heterocycles. The van der Waals surface area contributed by atoms with Gasteiger partial charge in [-0.2, -0.15) is 0 Å². The second kappa shape index (κ2) is 5.44. The predicted molar refractivity (Wildman–Crippen MR) is 83.4 cm³/mol. The van der Waals surface area contributed by atoms with Gasteiger partial charge in [0.2, 0.25) is 0 Å². The van der Waals surface area contributed by atoms with Crippen molar-refractivity contribution < 1.29 is 9.15 Å². The highest BCUT2D eigenvalue weighted by molar-refractivity contribution is 5.76. The number of methoxy groups -OCH3 is 1. The summed E-state index contributed by atoms with van der Waals surface area (Å²) in [6.07, 6.45) is 3.56. The molecule has 3 nitrogen and oxygen atoms in total. The highest BCUT2D eigenvalue weighted by Gasteiger charge is 2.14. The molecule has 2 aromatic heterocycles. The van der Waals surface area contributed by atoms with Gasteiger partial charge in [0, 0.05) is 6.20 Å². The zero-order valence-electron chi connectivity index (χ0n) is 12.4. The topological polar surface area (TPSA) is 35.3 Å². The molecule has 0 aliphatic carbocycles. The van der Waals surface area contributed by atoms with Gasteiger partial charge >= 0.3 is 0 Å². The van der Waals surface area contributed by atoms with Crippen LogP contribution in [0.5, 0.6) is 5.75 Å². The number of aryl methyl sites for hydroxylation is 1. The van der Waals surface area contributed by atoms with Crippen LogP contribution in [0.2, 0.25) is 0 Å². The quantitative estimate of drug-likeness (QED) is 0.701. The number of hydrogen-bond donors (Lipinski definition) is 0. The Balaban J connectivity index is 2.15. The molecular formula is C18H17NO2. The molecular weight excluding hydrogens is 262 g/mol. The number of ether oxygens (including phenoxy) is 1. The SMILES string of the molecule is COc1ccc(-c2c(C)cnc(-c3ccco3)c2C)cc1. The van der Waals surface area contributed by atoms with Gasteiger partial charge in [0.1, 0.15) is 11.4 Å². The average molecular weight is 279 g/mol. The van der Waals surface area contributed by atoms with Crippen molar-refractivity contribution in [3.8, 4) is 28.3 Å². The van der Waals surface area contributed by atoms with E-state index in [0.29, 0.717) is 0 Å². The number of rotatable bonds is 3. The number of nitrogens with zero attached hydrogens (tertiary/aromatic N) is 1. The molecule has 1 aromatic carbocycles. The molecule has 3 aromatic rings. The molecule has 3 heteroatoms. The molecule has 0 bridgehead atoms. The number of pyridine rings is 1. The Kier molecular flexibility index (Phi) is 3.48. The summed E-state index contributed by atoms with van der Waals surface area (Å²) in [4.78, 5) is 4.52. The van der Waals surface area contributed by atoms with Gasteiger partial charge in [-0.05, 0) is 60.4 Å². The standard InChI is InChI=1S/C18H17NO2/c1-12-11-19-18(16-5-4-10-21-16)13(2)17(12)14-6-8-15(20-3)9-7-14/h4-11H,1-3H3. The zero-order chi connectivity index (χ0) is 14.8. The lowest BCUT2D eigenvalue weighted by Gasteiger charge is -2.13. The van der Waals surface area contributed by atoms with Crippen LogP contribution < -0.4 is 4.74 Å². The molecule has 0 fully saturated rings. The van der Waals surface area contributed by atoms with E-state index in [0.717, 1.165) is 33.9 Å². The highest BCUT2D eigenvalue weighted by atomic mass is 16.5. The van der Waals surface area contributed by atoms with Gasteiger partial charge in [-0.1, -0.05) is 12.1 Å². The Bertz CT molecular complexity index is 744. The van der Waals surface area contributed by atoms with Crippen LogP contribution in [0.4, 0.5) is 0 Å². The third kappa shape index (κ3) is 2.42. The van der Waals surface area contributed by atoms with Crippen LogP contribution in [-0.4, -0.2) is 12.1 Å². The van der Waals surface area contributed by atoms with Gasteiger partial charge in [-0.15, -0.1) is 0 Å². The van der Waals surface area contributed by atoms with E-state index in [-0.39, 0.29) is 0 Å². The molecule has 0 N–H and O–H groups in total. The first-order chi connectivity index (χ1) is 10.2. The molecule has 21 heavy (non-hydrogen) atoms. The van der Waals surface area contributed by atoms with E-state index in [1.807, 2.05) is 30.5 Å². The number of benzene rings is 1. The Hall–Kier alpha value is -2.55. The zero-order valence-corrected chi connectivity index (χ0v) is 12.4. The first-order valence-corrected chi connectivity index (χ1v) is 6.85. The lowest BCUT2D eigenvalue weighted by atomic mass is 9.95. The minimum Gasteiger partial charge on any atom is -0.497 e. The molecule has 0 aliphatic rings. The second-order valence-electron chi connectivity index (χ2n) is 5.00. The molecule has 3 rings (SSSR count). The Labute approximate surface area is 124 Å². The van der Waals surface area contributed by atoms with E-state index in [1.165, 1.54) is 5.56 Å². The smallest absolute Gasteiger partial charge is 0.152 e. The summed E-state index contributed by atoms with van der Waals surface area (Å²) < 4.78 is 10.7. The van der Waals surface area contributed by atoms with Gasteiger partial charge < -0.3 is 9.15 Å². The minimum atomic E-state index is 0.794. The van der Waals surface area contributed by atoms with E-state index in [9.17, 15) is 0 Å². The van der Waals surface area contributed by atoms with E-state index < -0.39 is 0 Å². The summed E-state index contributed by atoms with van der Waals surface area (Å²) in [6.45, 7) is 4.16. The maximum atomic E-state index is 5.49. The number of hydrogen-bond acceptors (Lipinski definition) is 3. The Morgan fingerprint density at radius 3 is 2.43 bits per heavy atom. The largest absolute Gasteiger partial charge is 0.497 e. The Morgan fingerprint density at radius 1 is 1.05 bits per heavy atom. The van der Waals surface area contributed by atoms with E-state index in [2.05, 4.69) is 31.0 Å². The molecule has 0 radical (unpaired) electrons. The van der Waals surface area contributed by atoms with Crippen molar-refractivity contribution in [2.45, 2.75) is 13.8 Å². The lowest BCUT2D eigenvalue weighted by Crippen LogP contribution is -1.95. The second-order valence-corrected chi connectivity index (χ2v) is 5.00. The average Bonchev–Trinajstić information content (AvgIpc) is 3.02. The minimum absolute atomic E-state index is 0.794. The molecule has 0 aliphatic heterocycles. The van der Waals surface area contributed by atoms with Crippen LogP contribution in [-0.2, 0) is 0 Å². The van der Waals surface area contributed by atoms with Crippen molar-refractivity contribution in [2.24, 2.45) is 0 Å². The normalized spacial score (nSPS) is 10.6. The fourth-order valence-electron chi connectivity index (χ4n) is 2.60. The molecule has 0 amide bonds. The fourth-order valence-corrected chi connectivity index (χ4v) is 2.60. The summed E-state index contributed by atoms with van der Waals surface area (Å²) in [5, 5.41) is 0. The molecule has 0 spiro atoms. The van der Waals surface area contributed by atoms with Crippen molar-refractivity contribution in [2.75, 3.05) is 7.11 Å². The molecule has 0 saturated carbocycles. The fraction of sp³-hybridized carbons (Fsp3) is 0.167. The van der Waals surface area contributed by atoms with Gasteiger partial charge in [-0.25, -0.2) is 0 Å². The van der Waals surface area contributed by atoms with Crippen molar-refractivity contribution >= 4 is 0 Å². The third-order valence-corrected chi connectivity index (χ3v) is 3.65. The molecule has 0 atom stereocenters. The van der Waals surface area contributed by atoms with Gasteiger partial charge in [0.15, 0.2) is 5.76 Å². The van der Waals surface area contributed by atoms with Gasteiger partial charge in [-0.3, -0.25) is 4.98 Å². The van der Waals surface area contributed by atoms with Gasteiger partial charge in [0.25, 0.3) is 0 Å². The molecule has 106 valence electrons. The first-order valence-electron chi connectivity index (χ1n) is 6.85. The third-order valence-electron chi connectivity index (χ3n) is 3.65. The Morgan fingerprint density at radius 2 is 1.81 bits per heavy atom. The first kappa shape index (κ1) is 13.4. The number of aromatic nitrogens is 1. The van der Waals surface area contributed by atoms with E-state index in [4.69, 9.17) is 9.15 Å². The monoisotopic (exact) mass is 279 g/mol. The maximum Gasteiger partial charge on any atom is 0.152 e. The summed E-state index contributed by atoms with van der Waals surface area (Å²) in [7, 11) is 1.67. The maximum absolute atomic E-state index is 5.49. The molecule has 0 unspecified atom stereocenters. The molecule has 0 saturated heterocycles. The van der Waals surface area contributed by atoms with Crippen LogP contribution in [0.1, 0.15) is 11.1 Å². The van der Waals surface area contributed by atoms with E-state index in [1.54, 1.807) is 13.4 Å². The van der Waals surface area contributed by atoms with Crippen LogP contribution in [0, 0.1) is 13.8 Å². The predicted octanol–water partition coefficient (Wildman–Crippen LogP) is 4.63. The van der Waals surface area contributed by atoms with E-state index >= 15 is 0 Å². The lowest BCUT2D eigenvalue weighted by molar-refractivity contribution is 0.415. The van der Waals surface area contributed by atoms with Crippen molar-refractivity contribution in [1.82, 2.24) is 4.98 Å². The van der Waals surface area contributed by atoms with Crippen LogP contribution in [0.25, 0.3) is 22.6 Å². The van der Waals surface area contributed by atoms with Crippen LogP contribution in [0.3, 0.4) is 0 Å². The van der Waals surface area contributed by atoms with Crippen LogP contribution in [0.15, 0.2) is 53.3 Å². The van der Waals surface area contributed by atoms with Gasteiger partial charge in [0.05, 0.1) is 13.4 Å².